The van der Waals surface area contributed by atoms with E-state index in [0.29, 0.717) is 10.9 Å². The van der Waals surface area contributed by atoms with Gasteiger partial charge in [0.15, 0.2) is 0 Å². The normalized spacial score (nSPS) is 15.3. The zero-order valence-corrected chi connectivity index (χ0v) is 22.5. The summed E-state index contributed by atoms with van der Waals surface area (Å²) < 4.78 is 18.1. The SMILES string of the molecule is CCCCCCCCCCCCCCCCCCC=COP(=O)(O)C(CC)[N+](C)(C)C. The van der Waals surface area contributed by atoms with Crippen molar-refractivity contribution >= 4 is 7.60 Å². The smallest absolute Gasteiger partial charge is 0.429 e. The Morgan fingerprint density at radius 3 is 1.48 bits per heavy atom. The average Bonchev–Trinajstić information content (AvgIpc) is 2.68. The molecule has 0 aliphatic carbocycles. The van der Waals surface area contributed by atoms with Crippen molar-refractivity contribution in [2.45, 2.75) is 135 Å². The number of hydrogen-bond acceptors (Lipinski definition) is 2. The Morgan fingerprint density at radius 2 is 1.13 bits per heavy atom. The lowest BCUT2D eigenvalue weighted by Crippen LogP contribution is -2.44. The van der Waals surface area contributed by atoms with Crippen LogP contribution >= 0.6 is 7.60 Å². The molecule has 0 rings (SSSR count). The van der Waals surface area contributed by atoms with Crippen molar-refractivity contribution in [2.75, 3.05) is 21.1 Å². The molecule has 186 valence electrons. The van der Waals surface area contributed by atoms with E-state index < -0.39 is 13.4 Å². The molecule has 0 radical (unpaired) electrons. The van der Waals surface area contributed by atoms with Crippen LogP contribution in [0.4, 0.5) is 0 Å². The molecule has 0 aliphatic rings. The van der Waals surface area contributed by atoms with Crippen LogP contribution in [-0.2, 0) is 9.09 Å². The standard InChI is InChI=1S/C26H54NO3P/c1-6-8-9-10-11-12-13-14-15-16-17-18-19-20-21-22-23-24-25-30-31(28,29)26(7-2)27(3,4)5/h24-26H,6-23H2,1-5H3/p+1. The summed E-state index contributed by atoms with van der Waals surface area (Å²) in [5.74, 6) is -0.396. The molecule has 0 fully saturated rings. The van der Waals surface area contributed by atoms with E-state index in [1.807, 2.05) is 34.1 Å². The summed E-state index contributed by atoms with van der Waals surface area (Å²) in [5, 5.41) is 0. The van der Waals surface area contributed by atoms with Crippen molar-refractivity contribution in [1.29, 1.82) is 0 Å². The Morgan fingerprint density at radius 1 is 0.742 bits per heavy atom. The predicted molar refractivity (Wildman–Crippen MR) is 136 cm³/mol. The molecule has 0 saturated carbocycles. The molecule has 0 aliphatic heterocycles. The average molecular weight is 461 g/mol. The lowest BCUT2D eigenvalue weighted by molar-refractivity contribution is -0.883. The molecule has 2 atom stereocenters. The van der Waals surface area contributed by atoms with E-state index in [0.717, 1.165) is 12.8 Å². The molecular formula is C26H55NO3P+. The van der Waals surface area contributed by atoms with Gasteiger partial charge in [-0.15, -0.1) is 0 Å². The third-order valence-electron chi connectivity index (χ3n) is 6.17. The lowest BCUT2D eigenvalue weighted by atomic mass is 10.0. The first-order valence-corrected chi connectivity index (χ1v) is 14.9. The van der Waals surface area contributed by atoms with E-state index in [4.69, 9.17) is 4.52 Å². The summed E-state index contributed by atoms with van der Waals surface area (Å²) in [6.07, 6.45) is 26.8. The molecule has 0 aromatic heterocycles. The van der Waals surface area contributed by atoms with Crippen molar-refractivity contribution in [1.82, 2.24) is 0 Å². The zero-order chi connectivity index (χ0) is 23.4. The highest BCUT2D eigenvalue weighted by atomic mass is 31.2. The summed E-state index contributed by atoms with van der Waals surface area (Å²) >= 11 is 0. The van der Waals surface area contributed by atoms with E-state index in [-0.39, 0.29) is 0 Å². The van der Waals surface area contributed by atoms with E-state index in [2.05, 4.69) is 6.92 Å². The first kappa shape index (κ1) is 30.7. The lowest BCUT2D eigenvalue weighted by Gasteiger charge is -2.34. The number of quaternary nitrogens is 1. The molecule has 0 bridgehead atoms. The molecule has 0 heterocycles. The van der Waals surface area contributed by atoms with Crippen molar-refractivity contribution < 1.29 is 18.5 Å². The fourth-order valence-electron chi connectivity index (χ4n) is 4.30. The summed E-state index contributed by atoms with van der Waals surface area (Å²) in [5.41, 5.74) is 0. The van der Waals surface area contributed by atoms with E-state index >= 15 is 0 Å². The van der Waals surface area contributed by atoms with Gasteiger partial charge in [0.05, 0.1) is 27.4 Å². The fraction of sp³-hybridized carbons (Fsp3) is 0.923. The Hall–Kier alpha value is -0.310. The second kappa shape index (κ2) is 19.2. The summed E-state index contributed by atoms with van der Waals surface area (Å²) in [4.78, 5) is 10.2. The van der Waals surface area contributed by atoms with Crippen LogP contribution in [0.3, 0.4) is 0 Å². The van der Waals surface area contributed by atoms with E-state index in [1.165, 1.54) is 103 Å². The minimum Gasteiger partial charge on any atom is -0.429 e. The maximum absolute atomic E-state index is 12.4. The largest absolute Gasteiger partial charge is 0.433 e. The molecular weight excluding hydrogens is 405 g/mol. The third-order valence-corrected chi connectivity index (χ3v) is 8.40. The van der Waals surface area contributed by atoms with Crippen LogP contribution in [0, 0.1) is 0 Å². The predicted octanol–water partition coefficient (Wildman–Crippen LogP) is 8.80. The molecule has 5 heteroatoms. The molecule has 0 amide bonds. The monoisotopic (exact) mass is 460 g/mol. The molecule has 0 aromatic rings. The highest BCUT2D eigenvalue weighted by Gasteiger charge is 2.41. The highest BCUT2D eigenvalue weighted by molar-refractivity contribution is 7.53. The molecule has 0 spiro atoms. The second-order valence-corrected chi connectivity index (χ2v) is 12.1. The Labute approximate surface area is 195 Å². The third kappa shape index (κ3) is 17.9. The van der Waals surface area contributed by atoms with E-state index in [9.17, 15) is 9.46 Å². The van der Waals surface area contributed by atoms with Gasteiger partial charge in [-0.25, -0.2) is 4.57 Å². The van der Waals surface area contributed by atoms with Gasteiger partial charge in [0, 0.05) is 6.42 Å². The van der Waals surface area contributed by atoms with Crippen molar-refractivity contribution in [3.8, 4) is 0 Å². The second-order valence-electron chi connectivity index (χ2n) is 10.1. The minimum atomic E-state index is -3.63. The maximum Gasteiger partial charge on any atom is 0.433 e. The van der Waals surface area contributed by atoms with E-state index in [1.54, 1.807) is 0 Å². The van der Waals surface area contributed by atoms with Crippen LogP contribution in [-0.4, -0.2) is 36.3 Å². The van der Waals surface area contributed by atoms with Crippen LogP contribution < -0.4 is 0 Å². The highest BCUT2D eigenvalue weighted by Crippen LogP contribution is 2.51. The molecule has 31 heavy (non-hydrogen) atoms. The Balaban J connectivity index is 3.49. The number of allylic oxidation sites excluding steroid dienone is 1. The van der Waals surface area contributed by atoms with Gasteiger partial charge in [-0.3, -0.25) is 0 Å². The Kier molecular flexibility index (Phi) is 19.0. The maximum atomic E-state index is 12.4. The van der Waals surface area contributed by atoms with Gasteiger partial charge in [0.1, 0.15) is 0 Å². The van der Waals surface area contributed by atoms with Gasteiger partial charge in [-0.2, -0.15) is 0 Å². The number of nitrogens with zero attached hydrogens (tertiary/aromatic N) is 1. The van der Waals surface area contributed by atoms with Crippen molar-refractivity contribution in [2.24, 2.45) is 0 Å². The van der Waals surface area contributed by atoms with Crippen LogP contribution in [0.25, 0.3) is 0 Å². The molecule has 0 saturated heterocycles. The van der Waals surface area contributed by atoms with Crippen molar-refractivity contribution in [3.63, 3.8) is 0 Å². The topological polar surface area (TPSA) is 46.5 Å². The molecule has 0 aromatic carbocycles. The number of hydrogen-bond donors (Lipinski definition) is 1. The summed E-state index contributed by atoms with van der Waals surface area (Å²) in [7, 11) is 2.16. The number of rotatable bonds is 22. The quantitative estimate of drug-likeness (QED) is 0.0760. The molecule has 2 unspecified atom stereocenters. The summed E-state index contributed by atoms with van der Waals surface area (Å²) in [6.45, 7) is 4.21. The van der Waals surface area contributed by atoms with Crippen LogP contribution in [0.15, 0.2) is 12.3 Å². The van der Waals surface area contributed by atoms with Crippen LogP contribution in [0.1, 0.15) is 129 Å². The van der Waals surface area contributed by atoms with Crippen LogP contribution in [0.2, 0.25) is 0 Å². The Bertz CT molecular complexity index is 474. The van der Waals surface area contributed by atoms with Gasteiger partial charge in [-0.1, -0.05) is 110 Å². The van der Waals surface area contributed by atoms with Gasteiger partial charge >= 0.3 is 7.60 Å². The molecule has 1 N–H and O–H groups in total. The van der Waals surface area contributed by atoms with Gasteiger partial charge in [-0.05, 0) is 18.9 Å². The zero-order valence-electron chi connectivity index (χ0n) is 21.6. The first-order valence-electron chi connectivity index (χ1n) is 13.2. The van der Waals surface area contributed by atoms with Gasteiger partial charge in [0.2, 0.25) is 5.78 Å². The molecule has 4 nitrogen and oxygen atoms in total. The van der Waals surface area contributed by atoms with Crippen LogP contribution in [0.5, 0.6) is 0 Å². The van der Waals surface area contributed by atoms with Gasteiger partial charge in [0.25, 0.3) is 0 Å². The first-order chi connectivity index (χ1) is 14.8. The number of unbranched alkanes of at least 4 members (excludes halogenated alkanes) is 16. The minimum absolute atomic E-state index is 0.396. The summed E-state index contributed by atoms with van der Waals surface area (Å²) in [6, 6.07) is 0. The van der Waals surface area contributed by atoms with Gasteiger partial charge < -0.3 is 13.9 Å². The fourth-order valence-corrected chi connectivity index (χ4v) is 6.03. The van der Waals surface area contributed by atoms with Crippen molar-refractivity contribution in [3.05, 3.63) is 12.3 Å².